The van der Waals surface area contributed by atoms with E-state index in [-0.39, 0.29) is 56.7 Å². The highest BCUT2D eigenvalue weighted by molar-refractivity contribution is 7.80. The zero-order valence-corrected chi connectivity index (χ0v) is 34.0. The van der Waals surface area contributed by atoms with E-state index in [1.807, 2.05) is 0 Å². The summed E-state index contributed by atoms with van der Waals surface area (Å²) in [5.74, 6) is -8.54. The van der Waals surface area contributed by atoms with Crippen molar-refractivity contribution >= 4 is 40.9 Å². The Bertz CT molecular complexity index is 1630. The Kier molecular flexibility index (Phi) is 26.7. The van der Waals surface area contributed by atoms with Crippen LogP contribution in [0.25, 0.3) is 0 Å². The van der Waals surface area contributed by atoms with Crippen LogP contribution in [-0.4, -0.2) is 151 Å². The van der Waals surface area contributed by atoms with E-state index < -0.39 is 59.4 Å². The van der Waals surface area contributed by atoms with E-state index in [2.05, 4.69) is 25.5 Å². The largest absolute Gasteiger partial charge is 0.508 e. The Hall–Kier alpha value is -4.21. The van der Waals surface area contributed by atoms with Crippen LogP contribution in [0.1, 0.15) is 38.5 Å². The molecule has 0 aliphatic carbocycles. The molecular weight excluding hydrogens is 847 g/mol. The van der Waals surface area contributed by atoms with Gasteiger partial charge in [0.15, 0.2) is 5.11 Å². The fourth-order valence-corrected chi connectivity index (χ4v) is 5.08. The van der Waals surface area contributed by atoms with Crippen molar-refractivity contribution < 1.29 is 80.9 Å². The van der Waals surface area contributed by atoms with Crippen molar-refractivity contribution in [3.8, 4) is 11.5 Å². The lowest BCUT2D eigenvalue weighted by Gasteiger charge is -2.30. The standard InChI is InChI=1S/C30H38F5N5O7S.C7H15NO5/c31-24-25(32)27(34)29(28(35)26(24)33)47-23(42)8-11-43-13-15-45-17-18-46-16-14-44-12-10-37-19-21(40-36)3-1-2-9-38-30(48)39-20-4-6-22(41)7-5-20;9-6-3-5(1-2-8(11)12)13-4-7(6)10/h4-7,19,41H,1-3,8-18,36H2,(H2,38,39,48);5-7,9-12H,1-4H2/b37-19?,40-21-;. The summed E-state index contributed by atoms with van der Waals surface area (Å²) >= 11 is 5.25. The van der Waals surface area contributed by atoms with Crippen molar-refractivity contribution in [1.29, 1.82) is 0 Å². The number of phenolic OH excluding ortho intramolecular Hbond substituents is 1. The van der Waals surface area contributed by atoms with E-state index in [1.165, 1.54) is 0 Å². The summed E-state index contributed by atoms with van der Waals surface area (Å²) in [6.07, 6.45) is 2.39. The number of hydroxylamine groups is 2. The number of nitrogens with two attached hydrogens (primary N) is 1. The van der Waals surface area contributed by atoms with E-state index in [1.54, 1.807) is 30.5 Å². The molecule has 0 amide bonds. The van der Waals surface area contributed by atoms with E-state index in [4.69, 9.17) is 57.3 Å². The molecule has 1 aliphatic heterocycles. The van der Waals surface area contributed by atoms with Gasteiger partial charge in [0.1, 0.15) is 11.9 Å². The summed E-state index contributed by atoms with van der Waals surface area (Å²) in [6.45, 7) is 2.89. The third kappa shape index (κ3) is 22.5. The van der Waals surface area contributed by atoms with Crippen LogP contribution in [0.15, 0.2) is 34.4 Å². The van der Waals surface area contributed by atoms with Crippen LogP contribution in [0, 0.1) is 29.1 Å². The Morgan fingerprint density at radius 2 is 1.43 bits per heavy atom. The molecule has 0 spiro atoms. The number of esters is 1. The van der Waals surface area contributed by atoms with Gasteiger partial charge in [0, 0.05) is 24.9 Å². The number of thiocarbonyl (C=S) groups is 1. The van der Waals surface area contributed by atoms with Crippen LogP contribution in [0.4, 0.5) is 27.6 Å². The zero-order chi connectivity index (χ0) is 45.0. The molecule has 1 fully saturated rings. The molecule has 0 bridgehead atoms. The lowest BCUT2D eigenvalue weighted by molar-refractivity contribution is -0.309. The third-order valence-corrected chi connectivity index (χ3v) is 8.34. The van der Waals surface area contributed by atoms with Crippen LogP contribution in [0.3, 0.4) is 0 Å². The molecule has 3 rings (SSSR count). The molecule has 24 heteroatoms. The number of nitrogens with zero attached hydrogens (tertiary/aromatic N) is 3. The minimum atomic E-state index is -2.35. The number of benzene rings is 2. The first-order valence-corrected chi connectivity index (χ1v) is 19.4. The molecule has 18 nitrogen and oxygen atoms in total. The monoisotopic (exact) mass is 900 g/mol. The van der Waals surface area contributed by atoms with Gasteiger partial charge in [-0.2, -0.15) is 13.9 Å². The van der Waals surface area contributed by atoms with Crippen molar-refractivity contribution in [1.82, 2.24) is 10.5 Å². The van der Waals surface area contributed by atoms with Gasteiger partial charge in [-0.05, 0) is 62.2 Å². The maximum atomic E-state index is 13.5. The molecule has 2 aromatic carbocycles. The van der Waals surface area contributed by atoms with Gasteiger partial charge < -0.3 is 60.2 Å². The number of aliphatic hydroxyl groups excluding tert-OH is 2. The number of unbranched alkanes of at least 4 members (excludes halogenated alkanes) is 1. The van der Waals surface area contributed by atoms with E-state index in [0.29, 0.717) is 69.6 Å². The molecule has 1 aliphatic rings. The number of aliphatic hydroxyl groups is 2. The van der Waals surface area contributed by atoms with Crippen LogP contribution < -0.4 is 21.2 Å². The number of hydrogen-bond donors (Lipinski definition) is 8. The number of hydrazone groups is 1. The summed E-state index contributed by atoms with van der Waals surface area (Å²) in [6, 6.07) is 6.59. The summed E-state index contributed by atoms with van der Waals surface area (Å²) in [4.78, 5) is 15.9. The highest BCUT2D eigenvalue weighted by Crippen LogP contribution is 2.29. The Balaban J connectivity index is 0.000000835. The van der Waals surface area contributed by atoms with Gasteiger partial charge in [0.05, 0.1) is 96.9 Å². The first-order chi connectivity index (χ1) is 29.2. The second kappa shape index (κ2) is 30.8. The second-order valence-electron chi connectivity index (χ2n) is 12.8. The average molecular weight is 901 g/mol. The Labute approximate surface area is 353 Å². The van der Waals surface area contributed by atoms with Gasteiger partial charge in [0.25, 0.3) is 0 Å². The molecule has 1 saturated heterocycles. The van der Waals surface area contributed by atoms with Crippen LogP contribution in [0.2, 0.25) is 0 Å². The van der Waals surface area contributed by atoms with Crippen molar-refractivity contribution in [2.45, 2.75) is 56.8 Å². The zero-order valence-electron chi connectivity index (χ0n) is 33.2. The predicted octanol–water partition coefficient (Wildman–Crippen LogP) is 2.96. The number of aliphatic imine (C=N–C) groups is 1. The number of phenols is 1. The van der Waals surface area contributed by atoms with Gasteiger partial charge in [-0.15, -0.1) is 0 Å². The predicted molar refractivity (Wildman–Crippen MR) is 212 cm³/mol. The minimum absolute atomic E-state index is 0.0630. The van der Waals surface area contributed by atoms with Gasteiger partial charge in [0.2, 0.25) is 34.8 Å². The highest BCUT2D eigenvalue weighted by atomic mass is 32.1. The highest BCUT2D eigenvalue weighted by Gasteiger charge is 2.29. The summed E-state index contributed by atoms with van der Waals surface area (Å²) in [5.41, 5.74) is 1.44. The van der Waals surface area contributed by atoms with Crippen molar-refractivity contribution in [3.05, 3.63) is 53.4 Å². The molecular formula is C37H53F5N6O12S. The topological polar surface area (TPSA) is 252 Å². The maximum absolute atomic E-state index is 13.5. The SMILES string of the molecule is N/N=C(\C=NCCOCCOCCOCCOCCC(=O)Oc1c(F)c(F)c(F)c(F)c1F)CCCCNC(=S)Nc1ccc(O)cc1.OC1COC(CCN(O)O)CC1O. The number of carbonyl (C=O) groups is 1. The second-order valence-corrected chi connectivity index (χ2v) is 13.2. The molecule has 0 radical (unpaired) electrons. The summed E-state index contributed by atoms with van der Waals surface area (Å²) in [5, 5.41) is 55.0. The first-order valence-electron chi connectivity index (χ1n) is 19.0. The molecule has 1 heterocycles. The number of aromatic hydroxyl groups is 1. The minimum Gasteiger partial charge on any atom is -0.508 e. The molecule has 0 aromatic heterocycles. The Morgan fingerprint density at radius 1 is 0.852 bits per heavy atom. The first kappa shape index (κ1) is 52.9. The summed E-state index contributed by atoms with van der Waals surface area (Å²) in [7, 11) is 0. The van der Waals surface area contributed by atoms with Gasteiger partial charge in [-0.1, -0.05) is 5.23 Å². The molecule has 344 valence electrons. The number of rotatable bonds is 26. The van der Waals surface area contributed by atoms with Crippen molar-refractivity contribution in [3.63, 3.8) is 0 Å². The molecule has 0 saturated carbocycles. The van der Waals surface area contributed by atoms with E-state index in [0.717, 1.165) is 18.5 Å². The molecule has 61 heavy (non-hydrogen) atoms. The normalized spacial score (nSPS) is 16.7. The number of nitrogens with one attached hydrogen (secondary N) is 2. The molecule has 2 aromatic rings. The average Bonchev–Trinajstić information content (AvgIpc) is 3.24. The maximum Gasteiger partial charge on any atom is 0.313 e. The fraction of sp³-hybridized carbons (Fsp3) is 0.568. The molecule has 3 unspecified atom stereocenters. The number of hydrogen-bond acceptors (Lipinski definition) is 17. The van der Waals surface area contributed by atoms with Gasteiger partial charge in [-0.25, -0.2) is 13.2 Å². The fourth-order valence-electron chi connectivity index (χ4n) is 4.86. The lowest BCUT2D eigenvalue weighted by Crippen LogP contribution is -2.42. The Morgan fingerprint density at radius 3 is 2.00 bits per heavy atom. The third-order valence-electron chi connectivity index (χ3n) is 8.10. The lowest BCUT2D eigenvalue weighted by atomic mass is 10.0. The van der Waals surface area contributed by atoms with Gasteiger partial charge >= 0.3 is 5.97 Å². The van der Waals surface area contributed by atoms with E-state index in [9.17, 15) is 37.0 Å². The smallest absolute Gasteiger partial charge is 0.313 e. The van der Waals surface area contributed by atoms with Crippen LogP contribution in [0.5, 0.6) is 11.5 Å². The number of carbonyl (C=O) groups excluding carboxylic acids is 1. The van der Waals surface area contributed by atoms with Crippen LogP contribution >= 0.6 is 12.2 Å². The van der Waals surface area contributed by atoms with Crippen molar-refractivity contribution in [2.75, 3.05) is 84.4 Å². The number of anilines is 1. The number of ether oxygens (including phenoxy) is 6. The van der Waals surface area contributed by atoms with E-state index >= 15 is 0 Å². The quantitative estimate of drug-likeness (QED) is 0.00578. The number of halogens is 5. The van der Waals surface area contributed by atoms with Gasteiger partial charge in [-0.3, -0.25) is 20.2 Å². The summed E-state index contributed by atoms with van der Waals surface area (Å²) < 4.78 is 97.1. The molecule has 9 N–H and O–H groups in total. The molecule has 3 atom stereocenters. The van der Waals surface area contributed by atoms with Crippen LogP contribution in [-0.2, 0) is 28.5 Å². The van der Waals surface area contributed by atoms with Crippen molar-refractivity contribution in [2.24, 2.45) is 15.9 Å².